The third-order valence-corrected chi connectivity index (χ3v) is 42.9. The second-order valence-electron chi connectivity index (χ2n) is 41.7. The van der Waals surface area contributed by atoms with Crippen LogP contribution in [-0.2, 0) is 54.5 Å². The standard InChI is InChI=1S/C29H29O2S.C29H31OS.2C25H27OS.C23H25OS/c1-29(21-15-19-14-20(17-21)18-22(29)16-19)31-23-10-12-24(13-11-23)32-27-8-4-2-6-25(27)30-26-7-3-5-9-28(26)32;1-29(23-17-21-16-22(19-23)20-24(29)18-21)30-25-12-14-28(15-13-25)31(26-8-4-2-5-9-26)27-10-6-3-7-11-27;1-25(19-9-4-10-20-25)26-21-15-17-24(18-16-21)27(22-11-5-2-6-12-22)23-13-7-3-8-14-23;1-2-25(19-9-10-20-25)26-21-15-17-24(18-16-21)27(22-11-5-3-6-12-22)23-13-7-4-8-14-23;1-4-23(2,3)24-19-15-17-22(18-16-19)25(20-11-7-5-8-12-20)21-13-9-6-10-14-21/h2-13,19-22H,14-18H2,1H3;2-15,21-24H,16-20H2,1H3;2-3,5-8,11-18H,4,9-10,19-20H2,1H3;3-8,11-18H,2,9-10,19-20H2,1H3;5-18H,4H2,1-3H3/q5*+1. The minimum Gasteiger partial charge on any atom is -0.488 e. The number of fused-ring (bicyclic) bond motifs is 2. The first-order valence-corrected chi connectivity index (χ1v) is 58.5. The van der Waals surface area contributed by atoms with Gasteiger partial charge in [-0.25, -0.2) is 0 Å². The first kappa shape index (κ1) is 98.3. The molecule has 0 aromatic heterocycles. The van der Waals surface area contributed by atoms with Gasteiger partial charge < -0.3 is 28.4 Å². The van der Waals surface area contributed by atoms with E-state index in [1.165, 1.54) is 183 Å². The van der Waals surface area contributed by atoms with Crippen LogP contribution in [-0.4, -0.2) is 28.0 Å². The summed E-state index contributed by atoms with van der Waals surface area (Å²) in [5, 5.41) is 0. The molecule has 0 atom stereocenters. The van der Waals surface area contributed by atoms with E-state index in [9.17, 15) is 0 Å². The number of para-hydroxylation sites is 2. The quantitative estimate of drug-likeness (QED) is 0.0532. The molecule has 0 spiro atoms. The van der Waals surface area contributed by atoms with Gasteiger partial charge in [-0.3, -0.25) is 0 Å². The van der Waals surface area contributed by atoms with Crippen LogP contribution in [0.5, 0.6) is 40.2 Å². The van der Waals surface area contributed by atoms with Gasteiger partial charge in [0.25, 0.3) is 0 Å². The van der Waals surface area contributed by atoms with Crippen molar-refractivity contribution < 1.29 is 28.4 Å². The van der Waals surface area contributed by atoms with Crippen LogP contribution in [0.4, 0.5) is 0 Å². The molecule has 15 aromatic rings. The van der Waals surface area contributed by atoms with Crippen molar-refractivity contribution in [3.05, 3.63) is 413 Å². The lowest BCUT2D eigenvalue weighted by molar-refractivity contribution is -0.145. The average Bonchev–Trinajstić information content (AvgIpc) is 0.893. The molecule has 11 heteroatoms. The summed E-state index contributed by atoms with van der Waals surface area (Å²) in [7, 11) is -0.560. The van der Waals surface area contributed by atoms with Gasteiger partial charge in [-0.05, 0) is 453 Å². The summed E-state index contributed by atoms with van der Waals surface area (Å²) >= 11 is 0. The van der Waals surface area contributed by atoms with E-state index in [0.29, 0.717) is 0 Å². The van der Waals surface area contributed by atoms with Crippen molar-refractivity contribution >= 4 is 54.5 Å². The Labute approximate surface area is 860 Å². The zero-order chi connectivity index (χ0) is 96.9. The van der Waals surface area contributed by atoms with E-state index in [2.05, 4.69) is 461 Å². The molecule has 8 bridgehead atoms. The van der Waals surface area contributed by atoms with E-state index in [-0.39, 0.29) is 82.5 Å². The van der Waals surface area contributed by atoms with Crippen LogP contribution >= 0.6 is 0 Å². The highest BCUT2D eigenvalue weighted by Gasteiger charge is 2.58. The smallest absolute Gasteiger partial charge is 0.209 e. The Morgan fingerprint density at radius 1 is 0.268 bits per heavy atom. The fourth-order valence-electron chi connectivity index (χ4n) is 24.2. The third-order valence-electron chi connectivity index (χ3n) is 31.7. The van der Waals surface area contributed by atoms with Crippen molar-refractivity contribution in [2.75, 3.05) is 0 Å². The maximum atomic E-state index is 6.84. The number of rotatable bonds is 25. The second kappa shape index (κ2) is 45.0. The normalized spacial score (nSPS) is 22.2. The van der Waals surface area contributed by atoms with Crippen molar-refractivity contribution in [2.24, 2.45) is 47.3 Å². The molecular formula is C131H139O6S5+5. The fourth-order valence-corrected chi connectivity index (χ4v) is 34.7. The minimum atomic E-state index is -0.167. The van der Waals surface area contributed by atoms with E-state index in [1.807, 2.05) is 0 Å². The van der Waals surface area contributed by atoms with Gasteiger partial charge in [0.2, 0.25) is 9.79 Å². The molecule has 0 amide bonds. The van der Waals surface area contributed by atoms with E-state index < -0.39 is 0 Å². The van der Waals surface area contributed by atoms with Crippen LogP contribution < -0.4 is 28.4 Å². The zero-order valence-electron chi connectivity index (χ0n) is 83.7. The van der Waals surface area contributed by atoms with Gasteiger partial charge in [-0.15, -0.1) is 0 Å². The number of hydrogen-bond donors (Lipinski definition) is 0. The minimum absolute atomic E-state index is 0.000311. The predicted octanol–water partition coefficient (Wildman–Crippen LogP) is 35.0. The van der Waals surface area contributed by atoms with Gasteiger partial charge in [0, 0.05) is 0 Å². The third kappa shape index (κ3) is 23.0. The highest BCUT2D eigenvalue weighted by atomic mass is 32.2. The Morgan fingerprint density at radius 2 is 0.514 bits per heavy atom. The summed E-state index contributed by atoms with van der Waals surface area (Å²) in [6.07, 6.45) is 27.2. The topological polar surface area (TPSA) is 55.4 Å². The van der Waals surface area contributed by atoms with Crippen LogP contribution in [0.25, 0.3) is 0 Å². The van der Waals surface area contributed by atoms with Crippen molar-refractivity contribution in [3.8, 4) is 40.2 Å². The predicted molar refractivity (Wildman–Crippen MR) is 589 cm³/mol. The number of benzene rings is 15. The van der Waals surface area contributed by atoms with Gasteiger partial charge >= 0.3 is 0 Å². The highest BCUT2D eigenvalue weighted by Crippen LogP contribution is 2.62. The van der Waals surface area contributed by atoms with Crippen LogP contribution in [0.1, 0.15) is 183 Å². The molecule has 10 saturated carbocycles. The molecule has 0 N–H and O–H groups in total. The van der Waals surface area contributed by atoms with E-state index in [4.69, 9.17) is 28.4 Å². The summed E-state index contributed by atoms with van der Waals surface area (Å²) in [6.45, 7) is 15.7. The molecule has 26 rings (SSSR count). The lowest BCUT2D eigenvalue weighted by atomic mass is 9.50. The molecule has 724 valence electrons. The van der Waals surface area contributed by atoms with Crippen LogP contribution in [0.15, 0.2) is 486 Å². The van der Waals surface area contributed by atoms with Crippen molar-refractivity contribution in [1.29, 1.82) is 0 Å². The molecule has 0 unspecified atom stereocenters. The van der Waals surface area contributed by atoms with Gasteiger partial charge in [-0.2, -0.15) is 0 Å². The Bertz CT molecular complexity index is 6230. The monoisotopic (exact) mass is 1970 g/mol. The van der Waals surface area contributed by atoms with Gasteiger partial charge in [-0.1, -0.05) is 190 Å². The molecule has 11 aliphatic rings. The van der Waals surface area contributed by atoms with Gasteiger partial charge in [0.05, 0.1) is 43.6 Å². The maximum Gasteiger partial charge on any atom is 0.209 e. The Hall–Kier alpha value is -11.2. The zero-order valence-corrected chi connectivity index (χ0v) is 87.8. The van der Waals surface area contributed by atoms with Crippen molar-refractivity contribution in [1.82, 2.24) is 0 Å². The SMILES string of the molecule is CC1(Oc2ccc([S+](c3ccccc3)c3ccccc3)cc2)C2CC3CC(C2)CC1C3.CC1(Oc2ccc([S+](c3ccccc3)c3ccccc3)cc2)CCCCC1.CC1(Oc2ccc([S+]3c4ccccc4Oc4ccccc43)cc2)C2CC3CC(C2)CC1C3.CCC(C)(C)Oc1ccc([S+](c2ccccc2)c2ccccc2)cc1.CCC1(Oc2ccc([S+](c3ccccc3)c3ccccc3)cc2)CCCC1. The summed E-state index contributed by atoms with van der Waals surface area (Å²) in [6, 6.07) is 147. The molecule has 0 radical (unpaired) electrons. The van der Waals surface area contributed by atoms with Gasteiger partial charge in [0.15, 0.2) is 75.1 Å². The summed E-state index contributed by atoms with van der Waals surface area (Å²) in [4.78, 5) is 19.9. The van der Waals surface area contributed by atoms with Crippen molar-refractivity contribution in [3.63, 3.8) is 0 Å². The Kier molecular flexibility index (Phi) is 31.1. The van der Waals surface area contributed by atoms with E-state index in [0.717, 1.165) is 113 Å². The molecule has 15 aromatic carbocycles. The summed E-state index contributed by atoms with van der Waals surface area (Å²) in [5.74, 6) is 13.8. The fraction of sp³-hybridized carbons (Fsp3) is 0.313. The lowest BCUT2D eigenvalue weighted by Crippen LogP contribution is -2.59. The van der Waals surface area contributed by atoms with Gasteiger partial charge in [0.1, 0.15) is 67.6 Å². The summed E-state index contributed by atoms with van der Waals surface area (Å²) in [5.41, 5.74) is -0.0466. The molecular weight excluding hydrogens is 1830 g/mol. The highest BCUT2D eigenvalue weighted by molar-refractivity contribution is 7.98. The molecule has 6 nitrogen and oxygen atoms in total. The molecule has 1 aliphatic heterocycles. The Morgan fingerprint density at radius 3 is 0.803 bits per heavy atom. The van der Waals surface area contributed by atoms with Crippen LogP contribution in [0.3, 0.4) is 0 Å². The molecule has 142 heavy (non-hydrogen) atoms. The first-order chi connectivity index (χ1) is 69.5. The average molecular weight is 1970 g/mol. The molecule has 10 fully saturated rings. The maximum absolute atomic E-state index is 6.84. The largest absolute Gasteiger partial charge is 0.488 e. The van der Waals surface area contributed by atoms with E-state index >= 15 is 0 Å². The second-order valence-corrected chi connectivity index (χ2v) is 51.8. The van der Waals surface area contributed by atoms with E-state index in [1.54, 1.807) is 0 Å². The van der Waals surface area contributed by atoms with Crippen LogP contribution in [0.2, 0.25) is 0 Å². The lowest BCUT2D eigenvalue weighted by Gasteiger charge is -2.59. The Balaban J connectivity index is 0.000000109. The van der Waals surface area contributed by atoms with Crippen LogP contribution in [0, 0.1) is 47.3 Å². The van der Waals surface area contributed by atoms with Crippen molar-refractivity contribution in [2.45, 2.75) is 285 Å². The number of ether oxygens (including phenoxy) is 6. The first-order valence-electron chi connectivity index (χ1n) is 52.4. The molecule has 0 saturated heterocycles. The summed E-state index contributed by atoms with van der Waals surface area (Å²) < 4.78 is 38.8. The molecule has 1 heterocycles. The molecule has 10 aliphatic carbocycles. The number of hydrogen-bond acceptors (Lipinski definition) is 6.